The molecule has 0 unspecified atom stereocenters. The Labute approximate surface area is 170 Å². The molecule has 4 nitrogen and oxygen atoms in total. The first-order chi connectivity index (χ1) is 14.0. The Kier molecular flexibility index (Phi) is 5.38. The van der Waals surface area contributed by atoms with E-state index in [1.165, 1.54) is 0 Å². The molecule has 0 N–H and O–H groups in total. The van der Waals surface area contributed by atoms with Gasteiger partial charge in [-0.25, -0.2) is 4.39 Å². The highest BCUT2D eigenvalue weighted by molar-refractivity contribution is 6.00. The molecule has 29 heavy (non-hydrogen) atoms. The van der Waals surface area contributed by atoms with Crippen LogP contribution in [0.2, 0.25) is 0 Å². The van der Waals surface area contributed by atoms with Crippen LogP contribution < -0.4 is 0 Å². The molecule has 0 atom stereocenters. The van der Waals surface area contributed by atoms with E-state index in [0.717, 1.165) is 22.4 Å². The van der Waals surface area contributed by atoms with E-state index in [4.69, 9.17) is 0 Å². The van der Waals surface area contributed by atoms with Gasteiger partial charge in [-0.2, -0.15) is 0 Å². The summed E-state index contributed by atoms with van der Waals surface area (Å²) >= 11 is 0. The highest BCUT2D eigenvalue weighted by Gasteiger charge is 2.36. The monoisotopic (exact) mass is 389 g/mol. The van der Waals surface area contributed by atoms with E-state index in [2.05, 4.69) is 9.97 Å². The van der Waals surface area contributed by atoms with Gasteiger partial charge < -0.3 is 4.90 Å². The summed E-state index contributed by atoms with van der Waals surface area (Å²) in [5.74, 6) is -0.0449. The van der Waals surface area contributed by atoms with Crippen molar-refractivity contribution in [1.29, 1.82) is 0 Å². The average molecular weight is 389 g/mol. The number of piperidine rings is 1. The Balaban J connectivity index is 1.47. The van der Waals surface area contributed by atoms with Gasteiger partial charge in [0, 0.05) is 49.4 Å². The molecule has 0 spiro atoms. The van der Waals surface area contributed by atoms with E-state index >= 15 is 4.39 Å². The number of amides is 1. The third kappa shape index (κ3) is 4.34. The molecule has 1 aliphatic heterocycles. The number of pyridine rings is 2. The third-order valence-electron chi connectivity index (χ3n) is 5.59. The molecule has 3 aromatic rings. The van der Waals surface area contributed by atoms with Crippen molar-refractivity contribution in [2.45, 2.75) is 31.9 Å². The summed E-state index contributed by atoms with van der Waals surface area (Å²) < 4.78 is 15.4. The summed E-state index contributed by atoms with van der Waals surface area (Å²) in [5, 5.41) is 0. The number of nitrogens with zero attached hydrogens (tertiary/aromatic N) is 3. The molecule has 2 aromatic heterocycles. The van der Waals surface area contributed by atoms with Gasteiger partial charge in [0.25, 0.3) is 5.91 Å². The number of carbonyl (C=O) groups excluding carboxylic acids is 1. The van der Waals surface area contributed by atoms with Crippen molar-refractivity contribution in [1.82, 2.24) is 14.9 Å². The van der Waals surface area contributed by atoms with Gasteiger partial charge in [0.15, 0.2) is 0 Å². The van der Waals surface area contributed by atoms with Crippen LogP contribution in [0.15, 0.2) is 67.1 Å². The van der Waals surface area contributed by atoms with Crippen molar-refractivity contribution in [3.05, 3.63) is 83.9 Å². The molecule has 0 radical (unpaired) electrons. The van der Waals surface area contributed by atoms with E-state index < -0.39 is 5.67 Å². The van der Waals surface area contributed by atoms with Gasteiger partial charge in [-0.15, -0.1) is 0 Å². The number of benzene rings is 1. The summed E-state index contributed by atoms with van der Waals surface area (Å²) in [4.78, 5) is 23.3. The summed E-state index contributed by atoms with van der Waals surface area (Å²) in [7, 11) is 0. The lowest BCUT2D eigenvalue weighted by molar-refractivity contribution is 0.0437. The molecule has 1 amide bonds. The number of aromatic nitrogens is 2. The number of carbonyl (C=O) groups is 1. The van der Waals surface area contributed by atoms with Crippen LogP contribution in [-0.2, 0) is 6.42 Å². The third-order valence-corrected chi connectivity index (χ3v) is 5.59. The van der Waals surface area contributed by atoms with Crippen LogP contribution >= 0.6 is 0 Å². The highest BCUT2D eigenvalue weighted by atomic mass is 19.1. The molecule has 5 heteroatoms. The van der Waals surface area contributed by atoms with Crippen LogP contribution in [0.1, 0.15) is 34.5 Å². The zero-order chi connectivity index (χ0) is 20.3. The first-order valence-electron chi connectivity index (χ1n) is 9.93. The van der Waals surface area contributed by atoms with Crippen LogP contribution in [0.3, 0.4) is 0 Å². The minimum absolute atomic E-state index is 0.0449. The highest BCUT2D eigenvalue weighted by Crippen LogP contribution is 2.32. The molecule has 0 aliphatic carbocycles. The van der Waals surface area contributed by atoms with Gasteiger partial charge in [0.2, 0.25) is 0 Å². The SMILES string of the molecule is Cc1ccc(CC2(F)CCN(C(=O)c3ccccc3-c3ccncc3)CC2)cn1. The molecule has 1 aromatic carbocycles. The van der Waals surface area contributed by atoms with E-state index in [1.54, 1.807) is 23.5 Å². The Morgan fingerprint density at radius 1 is 1.07 bits per heavy atom. The van der Waals surface area contributed by atoms with Crippen molar-refractivity contribution in [3.63, 3.8) is 0 Å². The summed E-state index contributed by atoms with van der Waals surface area (Å²) in [5.41, 5.74) is 3.01. The molecule has 3 heterocycles. The molecule has 1 fully saturated rings. The second-order valence-corrected chi connectivity index (χ2v) is 7.71. The summed E-state index contributed by atoms with van der Waals surface area (Å²) in [6.45, 7) is 2.75. The fourth-order valence-electron chi connectivity index (χ4n) is 3.88. The molecule has 4 rings (SSSR count). The predicted molar refractivity (Wildman–Crippen MR) is 111 cm³/mol. The van der Waals surface area contributed by atoms with Crippen molar-refractivity contribution in [2.24, 2.45) is 0 Å². The molecule has 148 valence electrons. The van der Waals surface area contributed by atoms with Gasteiger partial charge >= 0.3 is 0 Å². The first kappa shape index (κ1) is 19.2. The lowest BCUT2D eigenvalue weighted by atomic mass is 9.87. The number of hydrogen-bond acceptors (Lipinski definition) is 3. The van der Waals surface area contributed by atoms with E-state index in [9.17, 15) is 4.79 Å². The molecular formula is C24H24FN3O. The Hall–Kier alpha value is -3.08. The second kappa shape index (κ2) is 8.11. The zero-order valence-corrected chi connectivity index (χ0v) is 16.5. The van der Waals surface area contributed by atoms with Crippen LogP contribution in [-0.4, -0.2) is 39.5 Å². The standard InChI is InChI=1S/C24H24FN3O/c1-18-6-7-19(17-27-18)16-24(25)10-14-28(15-11-24)23(29)22-5-3-2-4-21(22)20-8-12-26-13-9-20/h2-9,12-13,17H,10-11,14-16H2,1H3. The maximum Gasteiger partial charge on any atom is 0.254 e. The number of rotatable bonds is 4. The van der Waals surface area contributed by atoms with Gasteiger partial charge in [-0.05, 0) is 60.7 Å². The minimum atomic E-state index is -1.29. The average Bonchev–Trinajstić information content (AvgIpc) is 2.76. The Morgan fingerprint density at radius 2 is 1.79 bits per heavy atom. The number of aryl methyl sites for hydroxylation is 1. The van der Waals surface area contributed by atoms with Gasteiger partial charge in [-0.3, -0.25) is 14.8 Å². The molecule has 0 bridgehead atoms. The lowest BCUT2D eigenvalue weighted by Gasteiger charge is -2.36. The van der Waals surface area contributed by atoms with Crippen LogP contribution in [0.25, 0.3) is 11.1 Å². The fourth-order valence-corrected chi connectivity index (χ4v) is 3.88. The number of likely N-dealkylation sites (tertiary alicyclic amines) is 1. The number of hydrogen-bond donors (Lipinski definition) is 0. The minimum Gasteiger partial charge on any atom is -0.338 e. The lowest BCUT2D eigenvalue weighted by Crippen LogP contribution is -2.45. The first-order valence-corrected chi connectivity index (χ1v) is 9.93. The molecular weight excluding hydrogens is 365 g/mol. The van der Waals surface area contributed by atoms with Crippen molar-refractivity contribution >= 4 is 5.91 Å². The van der Waals surface area contributed by atoms with E-state index in [0.29, 0.717) is 37.9 Å². The van der Waals surface area contributed by atoms with E-state index in [1.807, 2.05) is 55.5 Å². The Bertz CT molecular complexity index is 981. The molecule has 1 aliphatic rings. The van der Waals surface area contributed by atoms with Crippen LogP contribution in [0, 0.1) is 6.92 Å². The summed E-state index contributed by atoms with van der Waals surface area (Å²) in [6.07, 6.45) is 6.20. The smallest absolute Gasteiger partial charge is 0.254 e. The largest absolute Gasteiger partial charge is 0.338 e. The van der Waals surface area contributed by atoms with E-state index in [-0.39, 0.29) is 5.91 Å². The van der Waals surface area contributed by atoms with Gasteiger partial charge in [0.1, 0.15) is 5.67 Å². The number of alkyl halides is 1. The van der Waals surface area contributed by atoms with Crippen molar-refractivity contribution in [3.8, 4) is 11.1 Å². The van der Waals surface area contributed by atoms with Crippen LogP contribution in [0.5, 0.6) is 0 Å². The van der Waals surface area contributed by atoms with Crippen molar-refractivity contribution < 1.29 is 9.18 Å². The fraction of sp³-hybridized carbons (Fsp3) is 0.292. The van der Waals surface area contributed by atoms with Gasteiger partial charge in [0.05, 0.1) is 0 Å². The number of halogens is 1. The molecule has 1 saturated heterocycles. The Morgan fingerprint density at radius 3 is 2.48 bits per heavy atom. The van der Waals surface area contributed by atoms with Crippen molar-refractivity contribution in [2.75, 3.05) is 13.1 Å². The summed E-state index contributed by atoms with van der Waals surface area (Å²) in [6, 6.07) is 15.2. The maximum atomic E-state index is 15.4. The topological polar surface area (TPSA) is 46.1 Å². The van der Waals surface area contributed by atoms with Crippen LogP contribution in [0.4, 0.5) is 4.39 Å². The second-order valence-electron chi connectivity index (χ2n) is 7.71. The molecule has 0 saturated carbocycles. The normalized spacial score (nSPS) is 15.9. The van der Waals surface area contributed by atoms with Gasteiger partial charge in [-0.1, -0.05) is 24.3 Å². The predicted octanol–water partition coefficient (Wildman–Crippen LogP) is 4.64. The quantitative estimate of drug-likeness (QED) is 0.653. The maximum absolute atomic E-state index is 15.4. The zero-order valence-electron chi connectivity index (χ0n) is 16.5.